The summed E-state index contributed by atoms with van der Waals surface area (Å²) in [6.45, 7) is 0. The molecule has 0 aliphatic rings. The molecule has 0 amide bonds. The number of halogens is 1. The van der Waals surface area contributed by atoms with Crippen LogP contribution in [-0.2, 0) is 0 Å². The summed E-state index contributed by atoms with van der Waals surface area (Å²) in [6, 6.07) is 28.4. The van der Waals surface area contributed by atoms with E-state index >= 15 is 0 Å². The largest absolute Gasteiger partial charge is 0.378 e. The molecule has 0 saturated heterocycles. The second-order valence-electron chi connectivity index (χ2n) is 8.78. The van der Waals surface area contributed by atoms with Gasteiger partial charge in [0.2, 0.25) is 0 Å². The van der Waals surface area contributed by atoms with Gasteiger partial charge in [-0.2, -0.15) is 0 Å². The number of benzene rings is 4. The van der Waals surface area contributed by atoms with Crippen LogP contribution in [0.1, 0.15) is 15.9 Å². The van der Waals surface area contributed by atoms with E-state index in [2.05, 4.69) is 0 Å². The first-order valence-electron chi connectivity index (χ1n) is 11.4. The number of ketones is 1. The van der Waals surface area contributed by atoms with E-state index < -0.39 is 0 Å². The van der Waals surface area contributed by atoms with Crippen LogP contribution in [0, 0.1) is 0 Å². The van der Waals surface area contributed by atoms with Gasteiger partial charge < -0.3 is 9.80 Å². The molecule has 0 bridgehead atoms. The first-order valence-corrected chi connectivity index (χ1v) is 12.6. The van der Waals surface area contributed by atoms with Crippen LogP contribution >= 0.6 is 22.9 Å². The van der Waals surface area contributed by atoms with Crippen molar-refractivity contribution < 1.29 is 4.79 Å². The summed E-state index contributed by atoms with van der Waals surface area (Å²) in [6.07, 6.45) is 0. The van der Waals surface area contributed by atoms with E-state index in [0.717, 1.165) is 26.2 Å². The molecule has 4 nitrogen and oxygen atoms in total. The summed E-state index contributed by atoms with van der Waals surface area (Å²) in [5.41, 5.74) is 3.67. The minimum Gasteiger partial charge on any atom is -0.378 e. The molecule has 0 radical (unpaired) electrons. The van der Waals surface area contributed by atoms with Crippen LogP contribution in [0.4, 0.5) is 11.4 Å². The summed E-state index contributed by atoms with van der Waals surface area (Å²) < 4.78 is 2.00. The monoisotopic (exact) mass is 514 g/mol. The van der Waals surface area contributed by atoms with Crippen molar-refractivity contribution in [1.29, 1.82) is 0 Å². The first-order chi connectivity index (χ1) is 17.2. The predicted molar refractivity (Wildman–Crippen MR) is 156 cm³/mol. The third-order valence-electron chi connectivity index (χ3n) is 5.83. The Morgan fingerprint density at radius 2 is 1.17 bits per heavy atom. The molecule has 36 heavy (non-hydrogen) atoms. The molecule has 0 unspecified atom stereocenters. The molecule has 0 aliphatic carbocycles. The zero-order chi connectivity index (χ0) is 25.8. The van der Waals surface area contributed by atoms with Crippen molar-refractivity contribution in [3.05, 3.63) is 117 Å². The third-order valence-corrected chi connectivity index (χ3v) is 7.22. The van der Waals surface area contributed by atoms with Crippen LogP contribution in [0.15, 0.2) is 95.8 Å². The molecular formula is C30H27ClN2O2S. The number of fused-ring (bicyclic) bond motifs is 2. The molecule has 0 aliphatic heterocycles. The number of hydrogen-bond donors (Lipinski definition) is 0. The van der Waals surface area contributed by atoms with Crippen molar-refractivity contribution in [2.75, 3.05) is 38.0 Å². The van der Waals surface area contributed by atoms with Gasteiger partial charge in [0.1, 0.15) is 0 Å². The lowest BCUT2D eigenvalue weighted by Gasteiger charge is -2.13. The van der Waals surface area contributed by atoms with Crippen molar-refractivity contribution in [3.8, 4) is 0 Å². The molecule has 0 N–H and O–H groups in total. The lowest BCUT2D eigenvalue weighted by atomic mass is 10.0. The fourth-order valence-electron chi connectivity index (χ4n) is 3.76. The quantitative estimate of drug-likeness (QED) is 0.189. The third kappa shape index (κ3) is 5.59. The lowest BCUT2D eigenvalue weighted by Crippen LogP contribution is -2.10. The van der Waals surface area contributed by atoms with E-state index in [4.69, 9.17) is 11.6 Å². The van der Waals surface area contributed by atoms with Gasteiger partial charge in [0.05, 0.1) is 0 Å². The highest BCUT2D eigenvalue weighted by atomic mass is 35.5. The van der Waals surface area contributed by atoms with Crippen LogP contribution in [-0.4, -0.2) is 34.0 Å². The van der Waals surface area contributed by atoms with Crippen LogP contribution in [0.5, 0.6) is 0 Å². The van der Waals surface area contributed by atoms with Crippen molar-refractivity contribution in [2.24, 2.45) is 0 Å². The SMILES string of the molecule is CN(C)c1ccc(C(=O)c2ccc(N(C)C)cc2)cc1.O=c1c2ccccc2sc2ccc(Cl)cc12. The van der Waals surface area contributed by atoms with Gasteiger partial charge in [-0.15, -0.1) is 11.3 Å². The van der Waals surface area contributed by atoms with Gasteiger partial charge in [0.15, 0.2) is 11.2 Å². The minimum absolute atomic E-state index is 0.0561. The normalized spacial score (nSPS) is 10.6. The number of nitrogens with zero attached hydrogens (tertiary/aromatic N) is 2. The second kappa shape index (κ2) is 10.9. The number of carbonyl (C=O) groups is 1. The lowest BCUT2D eigenvalue weighted by molar-refractivity contribution is 0.103. The summed E-state index contributed by atoms with van der Waals surface area (Å²) >= 11 is 7.52. The van der Waals surface area contributed by atoms with E-state index in [1.165, 1.54) is 0 Å². The fourth-order valence-corrected chi connectivity index (χ4v) is 4.99. The number of anilines is 2. The van der Waals surface area contributed by atoms with Crippen LogP contribution in [0.3, 0.4) is 0 Å². The van der Waals surface area contributed by atoms with E-state index in [0.29, 0.717) is 21.5 Å². The van der Waals surface area contributed by atoms with Gasteiger partial charge in [-0.1, -0.05) is 23.7 Å². The average Bonchev–Trinajstić information content (AvgIpc) is 2.89. The zero-order valence-corrected chi connectivity index (χ0v) is 22.2. The van der Waals surface area contributed by atoms with Gasteiger partial charge in [0, 0.05) is 75.9 Å². The Bertz CT molecular complexity index is 1520. The average molecular weight is 515 g/mol. The standard InChI is InChI=1S/C17H20N2O.C13H7ClOS/c1-18(2)15-9-5-13(6-10-15)17(20)14-7-11-16(12-8-14)19(3)4;14-8-5-6-12-10(7-8)13(15)9-3-1-2-4-11(9)16-12/h5-12H,1-4H3;1-7H. The molecule has 0 fully saturated rings. The molecule has 1 heterocycles. The molecule has 0 spiro atoms. The summed E-state index contributed by atoms with van der Waals surface area (Å²) in [4.78, 5) is 28.6. The smallest absolute Gasteiger partial charge is 0.195 e. The maximum atomic E-state index is 12.4. The Morgan fingerprint density at radius 3 is 1.69 bits per heavy atom. The first kappa shape index (κ1) is 25.4. The van der Waals surface area contributed by atoms with Gasteiger partial charge in [-0.05, 0) is 78.9 Å². The Labute approximate surface area is 220 Å². The van der Waals surface area contributed by atoms with Crippen molar-refractivity contribution in [1.82, 2.24) is 0 Å². The van der Waals surface area contributed by atoms with Crippen LogP contribution < -0.4 is 15.2 Å². The van der Waals surface area contributed by atoms with Crippen molar-refractivity contribution in [3.63, 3.8) is 0 Å². The van der Waals surface area contributed by atoms with Gasteiger partial charge in [-0.3, -0.25) is 9.59 Å². The van der Waals surface area contributed by atoms with Crippen molar-refractivity contribution in [2.45, 2.75) is 0 Å². The molecule has 182 valence electrons. The highest BCUT2D eigenvalue weighted by molar-refractivity contribution is 7.24. The molecule has 0 atom stereocenters. The second-order valence-corrected chi connectivity index (χ2v) is 10.3. The summed E-state index contributed by atoms with van der Waals surface area (Å²) in [5.74, 6) is 0.0561. The minimum atomic E-state index is 0.0561. The number of hydrogen-bond acceptors (Lipinski definition) is 5. The van der Waals surface area contributed by atoms with Crippen LogP contribution in [0.25, 0.3) is 20.2 Å². The number of rotatable bonds is 4. The molecule has 5 aromatic rings. The van der Waals surface area contributed by atoms with E-state index in [9.17, 15) is 9.59 Å². The Kier molecular flexibility index (Phi) is 7.73. The Hall–Kier alpha value is -3.67. The van der Waals surface area contributed by atoms with E-state index in [1.54, 1.807) is 17.4 Å². The molecule has 6 heteroatoms. The highest BCUT2D eigenvalue weighted by Crippen LogP contribution is 2.26. The maximum Gasteiger partial charge on any atom is 0.195 e. The van der Waals surface area contributed by atoms with Gasteiger partial charge >= 0.3 is 0 Å². The maximum absolute atomic E-state index is 12.4. The highest BCUT2D eigenvalue weighted by Gasteiger charge is 2.09. The van der Waals surface area contributed by atoms with E-state index in [-0.39, 0.29) is 11.2 Å². The van der Waals surface area contributed by atoms with Gasteiger partial charge in [-0.25, -0.2) is 0 Å². The zero-order valence-electron chi connectivity index (χ0n) is 20.7. The van der Waals surface area contributed by atoms with Crippen LogP contribution in [0.2, 0.25) is 5.02 Å². The molecule has 1 aromatic heterocycles. The summed E-state index contributed by atoms with van der Waals surface area (Å²) in [7, 11) is 7.93. The fraction of sp³-hybridized carbons (Fsp3) is 0.133. The topological polar surface area (TPSA) is 40.6 Å². The van der Waals surface area contributed by atoms with Crippen molar-refractivity contribution >= 4 is 60.3 Å². The molecule has 0 saturated carbocycles. The number of carbonyl (C=O) groups excluding carboxylic acids is 1. The Morgan fingerprint density at radius 1 is 0.667 bits per heavy atom. The summed E-state index contributed by atoms with van der Waals surface area (Å²) in [5, 5.41) is 2.07. The molecule has 4 aromatic carbocycles. The Balaban J connectivity index is 0.000000173. The predicted octanol–water partition coefficient (Wildman–Crippen LogP) is 7.12. The van der Waals surface area contributed by atoms with E-state index in [1.807, 2.05) is 123 Å². The van der Waals surface area contributed by atoms with Gasteiger partial charge in [0.25, 0.3) is 0 Å². The molecule has 5 rings (SSSR count). The molecular weight excluding hydrogens is 488 g/mol.